The van der Waals surface area contributed by atoms with Crippen molar-refractivity contribution in [3.05, 3.63) is 23.8 Å². The van der Waals surface area contributed by atoms with Gasteiger partial charge in [-0.3, -0.25) is 0 Å². The summed E-state index contributed by atoms with van der Waals surface area (Å²) in [5, 5.41) is 5.67. The number of hydrogen-bond acceptors (Lipinski definition) is 4. The molecule has 2 atom stereocenters. The van der Waals surface area contributed by atoms with Crippen LogP contribution in [0.3, 0.4) is 0 Å². The van der Waals surface area contributed by atoms with Gasteiger partial charge in [0, 0.05) is 12.7 Å². The average Bonchev–Trinajstić information content (AvgIpc) is 2.46. The number of rotatable bonds is 7. The quantitative estimate of drug-likeness (QED) is 0.808. The summed E-state index contributed by atoms with van der Waals surface area (Å²) >= 11 is 0. The van der Waals surface area contributed by atoms with E-state index in [1.165, 1.54) is 0 Å². The number of methoxy groups -OCH3 is 3. The van der Waals surface area contributed by atoms with Crippen molar-refractivity contribution in [2.75, 3.05) is 27.9 Å². The van der Waals surface area contributed by atoms with Gasteiger partial charge >= 0.3 is 6.03 Å². The Morgan fingerprint density at radius 3 is 2.43 bits per heavy atom. The molecule has 2 N–H and O–H groups in total. The molecule has 21 heavy (non-hydrogen) atoms. The highest BCUT2D eigenvalue weighted by atomic mass is 16.5. The van der Waals surface area contributed by atoms with Crippen molar-refractivity contribution in [3.63, 3.8) is 0 Å². The number of carbonyl (C=O) groups excluding carboxylic acids is 1. The number of carbonyl (C=O) groups is 1. The van der Waals surface area contributed by atoms with Crippen LogP contribution in [0.15, 0.2) is 18.2 Å². The standard InChI is InChI=1S/C15H24N2O4/c1-10(9-19-3)16-15(18)17-11(2)13-8-12(20-4)6-7-14(13)21-5/h6-8,10-11H,9H2,1-5H3,(H2,16,17,18). The summed E-state index contributed by atoms with van der Waals surface area (Å²) in [6.07, 6.45) is 0. The summed E-state index contributed by atoms with van der Waals surface area (Å²) in [6.45, 7) is 4.22. The van der Waals surface area contributed by atoms with E-state index in [-0.39, 0.29) is 18.1 Å². The number of urea groups is 1. The van der Waals surface area contributed by atoms with Crippen LogP contribution in [0.2, 0.25) is 0 Å². The molecule has 2 amide bonds. The highest BCUT2D eigenvalue weighted by Gasteiger charge is 2.16. The third kappa shape index (κ3) is 5.15. The zero-order chi connectivity index (χ0) is 15.8. The van der Waals surface area contributed by atoms with E-state index in [0.717, 1.165) is 5.56 Å². The van der Waals surface area contributed by atoms with Crippen LogP contribution < -0.4 is 20.1 Å². The van der Waals surface area contributed by atoms with Crippen LogP contribution in [0.1, 0.15) is 25.5 Å². The minimum absolute atomic E-state index is 0.0607. The fraction of sp³-hybridized carbons (Fsp3) is 0.533. The molecule has 1 rings (SSSR count). The zero-order valence-electron chi connectivity index (χ0n) is 13.2. The molecule has 6 nitrogen and oxygen atoms in total. The third-order valence-corrected chi connectivity index (χ3v) is 3.05. The van der Waals surface area contributed by atoms with Gasteiger partial charge in [0.2, 0.25) is 0 Å². The lowest BCUT2D eigenvalue weighted by molar-refractivity contribution is 0.170. The highest BCUT2D eigenvalue weighted by molar-refractivity contribution is 5.74. The Morgan fingerprint density at radius 2 is 1.86 bits per heavy atom. The van der Waals surface area contributed by atoms with Gasteiger partial charge in [-0.25, -0.2) is 4.79 Å². The molecule has 0 aromatic heterocycles. The van der Waals surface area contributed by atoms with Gasteiger partial charge in [0.15, 0.2) is 0 Å². The van der Waals surface area contributed by atoms with E-state index in [2.05, 4.69) is 10.6 Å². The maximum Gasteiger partial charge on any atom is 0.315 e. The first-order valence-electron chi connectivity index (χ1n) is 6.79. The maximum atomic E-state index is 11.9. The van der Waals surface area contributed by atoms with Crippen molar-refractivity contribution in [3.8, 4) is 11.5 Å². The van der Waals surface area contributed by atoms with Gasteiger partial charge in [-0.2, -0.15) is 0 Å². The predicted molar refractivity (Wildman–Crippen MR) is 81.0 cm³/mol. The van der Waals surface area contributed by atoms with Crippen LogP contribution in [-0.4, -0.2) is 40.0 Å². The van der Waals surface area contributed by atoms with E-state index in [0.29, 0.717) is 18.1 Å². The van der Waals surface area contributed by atoms with E-state index in [1.54, 1.807) is 21.3 Å². The summed E-state index contributed by atoms with van der Waals surface area (Å²) in [6, 6.07) is 4.95. The molecule has 0 fully saturated rings. The van der Waals surface area contributed by atoms with Crippen molar-refractivity contribution < 1.29 is 19.0 Å². The van der Waals surface area contributed by atoms with Gasteiger partial charge in [0.1, 0.15) is 11.5 Å². The number of benzene rings is 1. The first-order chi connectivity index (χ1) is 10.0. The van der Waals surface area contributed by atoms with E-state index < -0.39 is 0 Å². The van der Waals surface area contributed by atoms with Crippen LogP contribution in [0.4, 0.5) is 4.79 Å². The smallest absolute Gasteiger partial charge is 0.315 e. The lowest BCUT2D eigenvalue weighted by Gasteiger charge is -2.20. The number of nitrogens with one attached hydrogen (secondary N) is 2. The predicted octanol–water partition coefficient (Wildman–Crippen LogP) is 2.10. The monoisotopic (exact) mass is 296 g/mol. The molecule has 1 aromatic rings. The number of hydrogen-bond donors (Lipinski definition) is 2. The first-order valence-corrected chi connectivity index (χ1v) is 6.79. The van der Waals surface area contributed by atoms with Gasteiger partial charge < -0.3 is 24.8 Å². The summed E-state index contributed by atoms with van der Waals surface area (Å²) in [5.41, 5.74) is 0.853. The lowest BCUT2D eigenvalue weighted by atomic mass is 10.1. The molecule has 1 aromatic carbocycles. The molecule has 0 aliphatic carbocycles. The van der Waals surface area contributed by atoms with Gasteiger partial charge in [-0.15, -0.1) is 0 Å². The molecule has 0 bridgehead atoms. The van der Waals surface area contributed by atoms with E-state index in [1.807, 2.05) is 32.0 Å². The molecule has 0 aliphatic heterocycles. The highest BCUT2D eigenvalue weighted by Crippen LogP contribution is 2.29. The molecular formula is C15H24N2O4. The van der Waals surface area contributed by atoms with E-state index in [9.17, 15) is 4.79 Å². The van der Waals surface area contributed by atoms with Gasteiger partial charge in [0.05, 0.1) is 32.9 Å². The molecule has 0 saturated heterocycles. The zero-order valence-corrected chi connectivity index (χ0v) is 13.2. The second kappa shape index (κ2) is 8.36. The number of amides is 2. The van der Waals surface area contributed by atoms with Crippen LogP contribution in [0, 0.1) is 0 Å². The Morgan fingerprint density at radius 1 is 1.14 bits per heavy atom. The Labute approximate surface area is 125 Å². The third-order valence-electron chi connectivity index (χ3n) is 3.05. The van der Waals surface area contributed by atoms with Crippen LogP contribution in [-0.2, 0) is 4.74 Å². The molecule has 0 heterocycles. The fourth-order valence-corrected chi connectivity index (χ4v) is 2.01. The Hall–Kier alpha value is -1.95. The molecule has 0 saturated carbocycles. The van der Waals surface area contributed by atoms with Crippen LogP contribution in [0.25, 0.3) is 0 Å². The van der Waals surface area contributed by atoms with Gasteiger partial charge in [-0.05, 0) is 32.0 Å². The molecule has 6 heteroatoms. The Bertz CT molecular complexity index is 465. The Balaban J connectivity index is 2.74. The summed E-state index contributed by atoms with van der Waals surface area (Å²) < 4.78 is 15.5. The van der Waals surface area contributed by atoms with Gasteiger partial charge in [0.25, 0.3) is 0 Å². The van der Waals surface area contributed by atoms with Crippen molar-refractivity contribution in [1.82, 2.24) is 10.6 Å². The SMILES string of the molecule is COCC(C)NC(=O)NC(C)c1cc(OC)ccc1OC. The summed E-state index contributed by atoms with van der Waals surface area (Å²) in [4.78, 5) is 11.9. The molecule has 2 unspecified atom stereocenters. The van der Waals surface area contributed by atoms with Gasteiger partial charge in [-0.1, -0.05) is 0 Å². The topological polar surface area (TPSA) is 68.8 Å². The lowest BCUT2D eigenvalue weighted by Crippen LogP contribution is -2.43. The van der Waals surface area contributed by atoms with E-state index >= 15 is 0 Å². The second-order valence-electron chi connectivity index (χ2n) is 4.80. The molecule has 0 aliphatic rings. The molecule has 0 radical (unpaired) electrons. The minimum Gasteiger partial charge on any atom is -0.497 e. The molecule has 0 spiro atoms. The summed E-state index contributed by atoms with van der Waals surface area (Å²) in [5.74, 6) is 1.42. The average molecular weight is 296 g/mol. The fourth-order valence-electron chi connectivity index (χ4n) is 2.01. The Kier molecular flexibility index (Phi) is 6.81. The van der Waals surface area contributed by atoms with Crippen molar-refractivity contribution in [2.24, 2.45) is 0 Å². The maximum absolute atomic E-state index is 11.9. The van der Waals surface area contributed by atoms with Crippen molar-refractivity contribution >= 4 is 6.03 Å². The second-order valence-corrected chi connectivity index (χ2v) is 4.80. The summed E-state index contributed by atoms with van der Waals surface area (Å²) in [7, 11) is 4.79. The van der Waals surface area contributed by atoms with E-state index in [4.69, 9.17) is 14.2 Å². The normalized spacial score (nSPS) is 13.2. The minimum atomic E-state index is -0.253. The van der Waals surface area contributed by atoms with Crippen LogP contribution >= 0.6 is 0 Å². The first kappa shape index (κ1) is 17.1. The molecular weight excluding hydrogens is 272 g/mol. The largest absolute Gasteiger partial charge is 0.497 e. The molecule has 118 valence electrons. The number of ether oxygens (including phenoxy) is 3. The van der Waals surface area contributed by atoms with Crippen molar-refractivity contribution in [2.45, 2.75) is 25.9 Å². The van der Waals surface area contributed by atoms with Crippen LogP contribution in [0.5, 0.6) is 11.5 Å². The van der Waals surface area contributed by atoms with Crippen molar-refractivity contribution in [1.29, 1.82) is 0 Å².